The summed E-state index contributed by atoms with van der Waals surface area (Å²) < 4.78 is 11.7. The molecule has 0 saturated heterocycles. The summed E-state index contributed by atoms with van der Waals surface area (Å²) in [5.74, 6) is 0.519. The number of carbonyl (C=O) groups excluding carboxylic acids is 1. The van der Waals surface area contributed by atoms with Crippen LogP contribution in [0.4, 0.5) is 0 Å². The molecule has 0 unspecified atom stereocenters. The fraction of sp³-hybridized carbons (Fsp3) is 0.111. The number of hydrazone groups is 1. The molecule has 5 aromatic rings. The summed E-state index contributed by atoms with van der Waals surface area (Å²) in [4.78, 5) is 12.7. The molecule has 0 aliphatic carbocycles. The second-order valence-electron chi connectivity index (χ2n) is 7.87. The summed E-state index contributed by atoms with van der Waals surface area (Å²) in [6.45, 7) is 3.95. The van der Waals surface area contributed by atoms with Gasteiger partial charge in [-0.3, -0.25) is 4.79 Å². The molecule has 32 heavy (non-hydrogen) atoms. The van der Waals surface area contributed by atoms with Crippen LogP contribution in [0.2, 0.25) is 0 Å². The molecule has 1 amide bonds. The number of hydrogen-bond acceptors (Lipinski definition) is 4. The molecule has 4 aromatic carbocycles. The van der Waals surface area contributed by atoms with E-state index in [-0.39, 0.29) is 11.9 Å². The third kappa shape index (κ3) is 3.69. The molecule has 0 fully saturated rings. The first kappa shape index (κ1) is 19.8. The Morgan fingerprint density at radius 2 is 1.59 bits per heavy atom. The fourth-order valence-electron chi connectivity index (χ4n) is 3.88. The normalized spacial score (nSPS) is 11.7. The number of benzene rings is 4. The SMILES string of the molecule is CC(C)Oc1ccc2ccccc2c1/C=N\NC(=O)c1cc2c(ccc3ccccc32)o1. The van der Waals surface area contributed by atoms with Crippen LogP contribution in [0.3, 0.4) is 0 Å². The number of rotatable bonds is 5. The van der Waals surface area contributed by atoms with E-state index in [1.165, 1.54) is 0 Å². The molecule has 5 nitrogen and oxygen atoms in total. The number of nitrogens with one attached hydrogen (secondary N) is 1. The van der Waals surface area contributed by atoms with Crippen molar-refractivity contribution in [2.24, 2.45) is 5.10 Å². The fourth-order valence-corrected chi connectivity index (χ4v) is 3.88. The highest BCUT2D eigenvalue weighted by Gasteiger charge is 2.14. The molecule has 1 heterocycles. The Morgan fingerprint density at radius 3 is 2.38 bits per heavy atom. The van der Waals surface area contributed by atoms with Gasteiger partial charge in [0.2, 0.25) is 0 Å². The van der Waals surface area contributed by atoms with Crippen LogP contribution >= 0.6 is 0 Å². The summed E-state index contributed by atoms with van der Waals surface area (Å²) in [5, 5.41) is 9.32. The zero-order chi connectivity index (χ0) is 22.1. The van der Waals surface area contributed by atoms with Gasteiger partial charge in [-0.1, -0.05) is 60.7 Å². The van der Waals surface area contributed by atoms with Crippen molar-refractivity contribution in [3.8, 4) is 5.75 Å². The second kappa shape index (κ2) is 8.19. The Hall–Kier alpha value is -4.12. The van der Waals surface area contributed by atoms with Crippen molar-refractivity contribution in [2.75, 3.05) is 0 Å². The van der Waals surface area contributed by atoms with Gasteiger partial charge in [-0.15, -0.1) is 0 Å². The summed E-state index contributed by atoms with van der Waals surface area (Å²) in [5.41, 5.74) is 4.06. The van der Waals surface area contributed by atoms with Gasteiger partial charge < -0.3 is 9.15 Å². The van der Waals surface area contributed by atoms with Gasteiger partial charge in [0.05, 0.1) is 12.3 Å². The van der Waals surface area contributed by atoms with Gasteiger partial charge in [0.25, 0.3) is 0 Å². The smallest absolute Gasteiger partial charge is 0.307 e. The van der Waals surface area contributed by atoms with E-state index >= 15 is 0 Å². The van der Waals surface area contributed by atoms with E-state index in [1.807, 2.05) is 86.6 Å². The van der Waals surface area contributed by atoms with Crippen molar-refractivity contribution in [1.82, 2.24) is 5.43 Å². The van der Waals surface area contributed by atoms with Gasteiger partial charge >= 0.3 is 5.91 Å². The van der Waals surface area contributed by atoms with Crippen molar-refractivity contribution >= 4 is 44.6 Å². The number of amides is 1. The Balaban J connectivity index is 1.44. The Morgan fingerprint density at radius 1 is 0.906 bits per heavy atom. The van der Waals surface area contributed by atoms with Crippen molar-refractivity contribution in [2.45, 2.75) is 20.0 Å². The Kier molecular flexibility index (Phi) is 5.07. The zero-order valence-electron chi connectivity index (χ0n) is 17.8. The van der Waals surface area contributed by atoms with E-state index in [1.54, 1.807) is 12.3 Å². The van der Waals surface area contributed by atoms with Crippen molar-refractivity contribution in [3.63, 3.8) is 0 Å². The van der Waals surface area contributed by atoms with Gasteiger partial charge in [-0.2, -0.15) is 5.10 Å². The van der Waals surface area contributed by atoms with Crippen molar-refractivity contribution in [3.05, 3.63) is 90.2 Å². The monoisotopic (exact) mass is 422 g/mol. The molecule has 1 N–H and O–H groups in total. The second-order valence-corrected chi connectivity index (χ2v) is 7.87. The number of fused-ring (bicyclic) bond motifs is 4. The number of carbonyl (C=O) groups is 1. The van der Waals surface area contributed by atoms with Crippen LogP contribution < -0.4 is 10.2 Å². The summed E-state index contributed by atoms with van der Waals surface area (Å²) in [6.07, 6.45) is 1.64. The number of furan rings is 1. The molecule has 0 bridgehead atoms. The van der Waals surface area contributed by atoms with Crippen LogP contribution in [0.5, 0.6) is 5.75 Å². The average Bonchev–Trinajstić information content (AvgIpc) is 3.25. The lowest BCUT2D eigenvalue weighted by molar-refractivity contribution is 0.0929. The predicted molar refractivity (Wildman–Crippen MR) is 128 cm³/mol. The maximum Gasteiger partial charge on any atom is 0.307 e. The molecule has 0 aliphatic heterocycles. The van der Waals surface area contributed by atoms with Crippen LogP contribution in [0, 0.1) is 0 Å². The van der Waals surface area contributed by atoms with E-state index in [4.69, 9.17) is 9.15 Å². The summed E-state index contributed by atoms with van der Waals surface area (Å²) in [6, 6.07) is 25.6. The van der Waals surface area contributed by atoms with Crippen LogP contribution in [-0.4, -0.2) is 18.2 Å². The molecule has 0 radical (unpaired) electrons. The van der Waals surface area contributed by atoms with E-state index in [9.17, 15) is 4.79 Å². The molecule has 0 aliphatic rings. The van der Waals surface area contributed by atoms with Gasteiger partial charge in [0.15, 0.2) is 5.76 Å². The number of hydrogen-bond donors (Lipinski definition) is 1. The lowest BCUT2D eigenvalue weighted by Gasteiger charge is -2.14. The van der Waals surface area contributed by atoms with E-state index in [0.717, 1.165) is 32.5 Å². The first-order valence-corrected chi connectivity index (χ1v) is 10.5. The first-order valence-electron chi connectivity index (χ1n) is 10.5. The predicted octanol–water partition coefficient (Wildman–Crippen LogP) is 6.29. The topological polar surface area (TPSA) is 63.8 Å². The molecular weight excluding hydrogens is 400 g/mol. The van der Waals surface area contributed by atoms with E-state index < -0.39 is 5.91 Å². The van der Waals surface area contributed by atoms with Gasteiger partial charge in [-0.25, -0.2) is 5.43 Å². The van der Waals surface area contributed by atoms with E-state index in [0.29, 0.717) is 11.3 Å². The lowest BCUT2D eigenvalue weighted by Crippen LogP contribution is -2.17. The van der Waals surface area contributed by atoms with Crippen molar-refractivity contribution in [1.29, 1.82) is 0 Å². The lowest BCUT2D eigenvalue weighted by atomic mass is 10.0. The average molecular weight is 422 g/mol. The van der Waals surface area contributed by atoms with Gasteiger partial charge in [-0.05, 0) is 53.6 Å². The number of ether oxygens (including phenoxy) is 1. The highest BCUT2D eigenvalue weighted by molar-refractivity contribution is 6.09. The van der Waals surface area contributed by atoms with Crippen LogP contribution in [0.1, 0.15) is 30.0 Å². The summed E-state index contributed by atoms with van der Waals surface area (Å²) in [7, 11) is 0. The minimum absolute atomic E-state index is 0.0169. The first-order chi connectivity index (χ1) is 15.6. The van der Waals surface area contributed by atoms with Crippen molar-refractivity contribution < 1.29 is 13.9 Å². The molecule has 5 rings (SSSR count). The van der Waals surface area contributed by atoms with E-state index in [2.05, 4.69) is 10.5 Å². The van der Waals surface area contributed by atoms with Crippen LogP contribution in [0.15, 0.2) is 88.4 Å². The van der Waals surface area contributed by atoms with Crippen LogP contribution in [-0.2, 0) is 0 Å². The molecule has 0 atom stereocenters. The zero-order valence-corrected chi connectivity index (χ0v) is 17.8. The summed E-state index contributed by atoms with van der Waals surface area (Å²) >= 11 is 0. The quantitative estimate of drug-likeness (QED) is 0.267. The molecule has 0 spiro atoms. The minimum Gasteiger partial charge on any atom is -0.490 e. The third-order valence-corrected chi connectivity index (χ3v) is 5.30. The Bertz CT molecular complexity index is 1480. The van der Waals surface area contributed by atoms with Gasteiger partial charge in [0, 0.05) is 10.9 Å². The minimum atomic E-state index is -0.409. The number of nitrogens with zero attached hydrogens (tertiary/aromatic N) is 1. The van der Waals surface area contributed by atoms with Gasteiger partial charge in [0.1, 0.15) is 11.3 Å². The molecule has 1 aromatic heterocycles. The highest BCUT2D eigenvalue weighted by atomic mass is 16.5. The largest absolute Gasteiger partial charge is 0.490 e. The standard InChI is InChI=1S/C27H22N2O3/c1-17(2)31-25-14-12-19-8-4-6-10-21(19)23(25)16-28-29-27(30)26-15-22-20-9-5-3-7-18(20)11-13-24(22)32-26/h3-17H,1-2H3,(H,29,30)/b28-16-. The molecule has 5 heteroatoms. The highest BCUT2D eigenvalue weighted by Crippen LogP contribution is 2.29. The maximum absolute atomic E-state index is 12.7. The van der Waals surface area contributed by atoms with Crippen LogP contribution in [0.25, 0.3) is 32.5 Å². The third-order valence-electron chi connectivity index (χ3n) is 5.30. The molecule has 0 saturated carbocycles. The Labute approximate surface area is 185 Å². The molecule has 158 valence electrons. The maximum atomic E-state index is 12.7. The molecular formula is C27H22N2O3.